The second-order valence-electron chi connectivity index (χ2n) is 6.54. The molecule has 0 atom stereocenters. The molecule has 1 saturated heterocycles. The second kappa shape index (κ2) is 7.29. The highest BCUT2D eigenvalue weighted by molar-refractivity contribution is 7.90. The number of imidazole rings is 1. The van der Waals surface area contributed by atoms with Crippen molar-refractivity contribution in [2.75, 3.05) is 43.6 Å². The molecule has 12 heteroatoms. The molecule has 152 valence electrons. The number of benzene rings is 1. The Kier molecular flexibility index (Phi) is 4.80. The van der Waals surface area contributed by atoms with Gasteiger partial charge in [-0.05, 0) is 24.3 Å². The third-order valence-electron chi connectivity index (χ3n) is 4.35. The number of sulfone groups is 1. The van der Waals surface area contributed by atoms with Crippen LogP contribution in [0.3, 0.4) is 0 Å². The molecule has 29 heavy (non-hydrogen) atoms. The first kappa shape index (κ1) is 19.1. The van der Waals surface area contributed by atoms with Gasteiger partial charge in [0.15, 0.2) is 0 Å². The fourth-order valence-corrected chi connectivity index (χ4v) is 3.41. The maximum Gasteiger partial charge on any atom is 0.254 e. The molecule has 0 radical (unpaired) electrons. The fourth-order valence-electron chi connectivity index (χ4n) is 2.91. The van der Waals surface area contributed by atoms with Crippen LogP contribution in [0, 0.1) is 0 Å². The molecule has 1 fully saturated rings. The number of morpholine rings is 1. The Morgan fingerprint density at radius 3 is 2.48 bits per heavy atom. The van der Waals surface area contributed by atoms with Crippen LogP contribution in [-0.4, -0.2) is 71.1 Å². The van der Waals surface area contributed by atoms with E-state index in [1.165, 1.54) is 10.6 Å². The van der Waals surface area contributed by atoms with Crippen LogP contribution in [0.2, 0.25) is 0 Å². The summed E-state index contributed by atoms with van der Waals surface area (Å²) in [7, 11) is -3.65. The molecule has 1 aromatic carbocycles. The lowest BCUT2D eigenvalue weighted by atomic mass is 10.1. The van der Waals surface area contributed by atoms with E-state index in [4.69, 9.17) is 10.5 Å². The maximum absolute atomic E-state index is 12.5. The zero-order valence-electron chi connectivity index (χ0n) is 15.6. The first-order chi connectivity index (χ1) is 13.8. The van der Waals surface area contributed by atoms with E-state index in [0.29, 0.717) is 37.6 Å². The highest BCUT2D eigenvalue weighted by atomic mass is 32.2. The normalized spacial score (nSPS) is 14.9. The number of anilines is 3. The van der Waals surface area contributed by atoms with Crippen LogP contribution in [0.15, 0.2) is 35.6 Å². The van der Waals surface area contributed by atoms with Gasteiger partial charge in [-0.1, -0.05) is 0 Å². The van der Waals surface area contributed by atoms with Gasteiger partial charge < -0.3 is 20.7 Å². The van der Waals surface area contributed by atoms with Gasteiger partial charge >= 0.3 is 0 Å². The van der Waals surface area contributed by atoms with Crippen molar-refractivity contribution in [3.63, 3.8) is 0 Å². The molecule has 0 spiro atoms. The predicted octanol–water partition coefficient (Wildman–Crippen LogP) is 0.326. The molecule has 3 aromatic rings. The topological polar surface area (TPSA) is 145 Å². The highest BCUT2D eigenvalue weighted by Gasteiger charge is 2.19. The lowest BCUT2D eigenvalue weighted by Gasteiger charge is -2.26. The smallest absolute Gasteiger partial charge is 0.254 e. The molecule has 1 aliphatic heterocycles. The Hall–Kier alpha value is -3.25. The van der Waals surface area contributed by atoms with E-state index >= 15 is 0 Å². The summed E-state index contributed by atoms with van der Waals surface area (Å²) in [6, 6.07) is 6.81. The summed E-state index contributed by atoms with van der Waals surface area (Å²) in [5.74, 6) is 0.414. The Bertz CT molecular complexity index is 1170. The maximum atomic E-state index is 12.5. The van der Waals surface area contributed by atoms with Crippen molar-refractivity contribution < 1.29 is 17.9 Å². The summed E-state index contributed by atoms with van der Waals surface area (Å²) in [6.07, 6.45) is 2.50. The molecule has 0 unspecified atom stereocenters. The van der Waals surface area contributed by atoms with Crippen molar-refractivity contribution >= 4 is 39.0 Å². The SMILES string of the molecule is CS(=O)(=O)c1nc(Nc2ccc(C(=O)N3CCOCC3)cc2)n2cc(N)nc2n1. The molecule has 1 aliphatic rings. The van der Waals surface area contributed by atoms with Crippen molar-refractivity contribution in [2.24, 2.45) is 0 Å². The summed E-state index contributed by atoms with van der Waals surface area (Å²) >= 11 is 0. The molecule has 1 amide bonds. The average molecular weight is 417 g/mol. The van der Waals surface area contributed by atoms with Crippen molar-refractivity contribution in [1.29, 1.82) is 0 Å². The van der Waals surface area contributed by atoms with E-state index in [-0.39, 0.29) is 28.6 Å². The molecule has 0 saturated carbocycles. The van der Waals surface area contributed by atoms with Gasteiger partial charge in [-0.2, -0.15) is 15.0 Å². The lowest BCUT2D eigenvalue weighted by molar-refractivity contribution is 0.0303. The van der Waals surface area contributed by atoms with Crippen LogP contribution >= 0.6 is 0 Å². The summed E-state index contributed by atoms with van der Waals surface area (Å²) in [5, 5.41) is 2.66. The van der Waals surface area contributed by atoms with Gasteiger partial charge in [0.1, 0.15) is 5.82 Å². The Balaban J connectivity index is 1.62. The van der Waals surface area contributed by atoms with Crippen LogP contribution in [0.25, 0.3) is 5.78 Å². The molecule has 4 rings (SSSR count). The van der Waals surface area contributed by atoms with Crippen molar-refractivity contribution in [1.82, 2.24) is 24.3 Å². The van der Waals surface area contributed by atoms with Crippen LogP contribution in [0.5, 0.6) is 0 Å². The molecule has 11 nitrogen and oxygen atoms in total. The van der Waals surface area contributed by atoms with Gasteiger partial charge in [0.25, 0.3) is 11.1 Å². The monoisotopic (exact) mass is 417 g/mol. The summed E-state index contributed by atoms with van der Waals surface area (Å²) < 4.78 is 30.5. The number of rotatable bonds is 4. The lowest BCUT2D eigenvalue weighted by Crippen LogP contribution is -2.40. The largest absolute Gasteiger partial charge is 0.382 e. The quantitative estimate of drug-likeness (QED) is 0.613. The number of nitrogens with two attached hydrogens (primary N) is 1. The number of hydrogen-bond donors (Lipinski definition) is 2. The summed E-state index contributed by atoms with van der Waals surface area (Å²) in [5.41, 5.74) is 6.86. The molecular weight excluding hydrogens is 398 g/mol. The Labute approximate surface area is 166 Å². The summed E-state index contributed by atoms with van der Waals surface area (Å²) in [6.45, 7) is 2.19. The summed E-state index contributed by atoms with van der Waals surface area (Å²) in [4.78, 5) is 26.3. The Morgan fingerprint density at radius 1 is 1.14 bits per heavy atom. The van der Waals surface area contributed by atoms with Crippen molar-refractivity contribution in [3.8, 4) is 0 Å². The van der Waals surface area contributed by atoms with Crippen LogP contribution in [-0.2, 0) is 14.6 Å². The van der Waals surface area contributed by atoms with Crippen LogP contribution < -0.4 is 11.1 Å². The zero-order valence-corrected chi connectivity index (χ0v) is 16.4. The van der Waals surface area contributed by atoms with E-state index < -0.39 is 9.84 Å². The average Bonchev–Trinajstić information content (AvgIpc) is 3.08. The van der Waals surface area contributed by atoms with Gasteiger partial charge in [-0.3, -0.25) is 9.20 Å². The number of carbonyl (C=O) groups is 1. The number of nitrogen functional groups attached to an aromatic ring is 1. The number of nitrogens with one attached hydrogen (secondary N) is 1. The van der Waals surface area contributed by atoms with Gasteiger partial charge in [0.05, 0.1) is 19.4 Å². The third-order valence-corrected chi connectivity index (χ3v) is 5.20. The first-order valence-electron chi connectivity index (χ1n) is 8.78. The molecule has 2 aromatic heterocycles. The van der Waals surface area contributed by atoms with E-state index in [2.05, 4.69) is 20.3 Å². The molecule has 3 N–H and O–H groups in total. The van der Waals surface area contributed by atoms with Crippen LogP contribution in [0.1, 0.15) is 10.4 Å². The van der Waals surface area contributed by atoms with Crippen LogP contribution in [0.4, 0.5) is 17.5 Å². The zero-order chi connectivity index (χ0) is 20.6. The van der Waals surface area contributed by atoms with Crippen molar-refractivity contribution in [2.45, 2.75) is 5.16 Å². The molecule has 3 heterocycles. The second-order valence-corrected chi connectivity index (χ2v) is 8.45. The minimum atomic E-state index is -3.65. The fraction of sp³-hybridized carbons (Fsp3) is 0.294. The number of fused-ring (bicyclic) bond motifs is 1. The van der Waals surface area contributed by atoms with Crippen molar-refractivity contribution in [3.05, 3.63) is 36.0 Å². The van der Waals surface area contributed by atoms with Gasteiger partial charge in [-0.25, -0.2) is 8.42 Å². The van der Waals surface area contributed by atoms with E-state index in [9.17, 15) is 13.2 Å². The minimum Gasteiger partial charge on any atom is -0.382 e. The number of nitrogens with zero attached hydrogens (tertiary/aromatic N) is 5. The van der Waals surface area contributed by atoms with E-state index in [0.717, 1.165) is 6.26 Å². The number of ether oxygens (including phenoxy) is 1. The number of carbonyl (C=O) groups excluding carboxylic acids is 1. The number of amides is 1. The predicted molar refractivity (Wildman–Crippen MR) is 105 cm³/mol. The van der Waals surface area contributed by atoms with Gasteiger partial charge in [0, 0.05) is 30.6 Å². The minimum absolute atomic E-state index is 0.0639. The van der Waals surface area contributed by atoms with Gasteiger partial charge in [-0.15, -0.1) is 0 Å². The third kappa shape index (κ3) is 3.98. The molecule has 0 bridgehead atoms. The first-order valence-corrected chi connectivity index (χ1v) is 10.7. The standard InChI is InChI=1S/C17H19N7O4S/c1-29(26,27)17-21-15(24-10-13(18)20-16(24)22-17)19-12-4-2-11(3-5-12)14(25)23-6-8-28-9-7-23/h2-5,10H,6-9,18H2,1H3,(H,19,20,21,22). The highest BCUT2D eigenvalue weighted by Crippen LogP contribution is 2.20. The number of aromatic nitrogens is 4. The molecule has 0 aliphatic carbocycles. The molecular formula is C17H19N7O4S. The Morgan fingerprint density at radius 2 is 1.83 bits per heavy atom. The van der Waals surface area contributed by atoms with E-state index in [1.54, 1.807) is 29.2 Å². The number of hydrogen-bond acceptors (Lipinski definition) is 9. The van der Waals surface area contributed by atoms with E-state index in [1.807, 2.05) is 0 Å². The van der Waals surface area contributed by atoms with Gasteiger partial charge in [0.2, 0.25) is 21.6 Å².